The molecule has 0 aliphatic heterocycles. The Morgan fingerprint density at radius 1 is 0.905 bits per heavy atom. The van der Waals surface area contributed by atoms with Crippen LogP contribution in [-0.4, -0.2) is 25.0 Å². The van der Waals surface area contributed by atoms with Crippen molar-refractivity contribution >= 4 is 18.0 Å². The summed E-state index contributed by atoms with van der Waals surface area (Å²) in [5, 5.41) is 0. The fourth-order valence-corrected chi connectivity index (χ4v) is 2.95. The molecule has 0 aromatic heterocycles. The first-order chi connectivity index (χ1) is 9.75. The maximum atomic E-state index is 2.43. The normalized spacial score (nSPS) is 17.5. The molecule has 0 amide bonds. The number of hydrogen-bond donors (Lipinski definition) is 0. The van der Waals surface area contributed by atoms with Crippen molar-refractivity contribution in [3.05, 3.63) is 77.4 Å². The summed E-state index contributed by atoms with van der Waals surface area (Å²) in [6.45, 7) is 0. The minimum absolute atomic E-state index is 0. The number of nitrogens with zero attached hydrogens (tertiary/aromatic N) is 1. The molecular formula is C19H22ClN. The average molecular weight is 300 g/mol. The average Bonchev–Trinajstić information content (AvgIpc) is 2.68. The molecule has 0 saturated carbocycles. The quantitative estimate of drug-likeness (QED) is 0.793. The van der Waals surface area contributed by atoms with E-state index >= 15 is 0 Å². The molecule has 0 radical (unpaired) electrons. The number of likely N-dealkylation sites (N-methyl/N-ethyl adjacent to an activating group) is 1. The highest BCUT2D eigenvalue weighted by Crippen LogP contribution is 2.31. The Hall–Kier alpha value is -1.57. The first kappa shape index (κ1) is 15.8. The summed E-state index contributed by atoms with van der Waals surface area (Å²) in [5.74, 6) is 0. The molecule has 0 spiro atoms. The Kier molecular flexibility index (Phi) is 5.22. The lowest BCUT2D eigenvalue weighted by Crippen LogP contribution is -2.26. The van der Waals surface area contributed by atoms with Crippen molar-refractivity contribution in [1.82, 2.24) is 4.90 Å². The zero-order valence-corrected chi connectivity index (χ0v) is 13.4. The van der Waals surface area contributed by atoms with Crippen molar-refractivity contribution in [3.8, 4) is 0 Å². The van der Waals surface area contributed by atoms with Crippen molar-refractivity contribution in [3.63, 3.8) is 0 Å². The van der Waals surface area contributed by atoms with Crippen LogP contribution < -0.4 is 0 Å². The first-order valence-electron chi connectivity index (χ1n) is 7.27. The molecule has 0 bridgehead atoms. The lowest BCUT2D eigenvalue weighted by atomic mass is 9.94. The van der Waals surface area contributed by atoms with Gasteiger partial charge in [-0.2, -0.15) is 0 Å². The topological polar surface area (TPSA) is 3.24 Å². The standard InChI is InChI=1S/C19H21N.ClH/c1-20(2)17-13-12-16-10-6-7-11-18(16)19(14-17)15-8-4-3-5-9-15;/h3-11,14,17H,12-13H2,1-2H3;1H. The Morgan fingerprint density at radius 3 is 2.29 bits per heavy atom. The van der Waals surface area contributed by atoms with Gasteiger partial charge in [0.2, 0.25) is 0 Å². The van der Waals surface area contributed by atoms with Crippen LogP contribution in [0.1, 0.15) is 23.1 Å². The lowest BCUT2D eigenvalue weighted by Gasteiger charge is -2.20. The molecule has 1 aliphatic carbocycles. The van der Waals surface area contributed by atoms with Crippen molar-refractivity contribution in [2.75, 3.05) is 14.1 Å². The molecule has 0 heterocycles. The van der Waals surface area contributed by atoms with Crippen LogP contribution in [0.3, 0.4) is 0 Å². The van der Waals surface area contributed by atoms with E-state index in [1.165, 1.54) is 28.7 Å². The van der Waals surface area contributed by atoms with Gasteiger partial charge in [-0.25, -0.2) is 0 Å². The number of halogens is 1. The van der Waals surface area contributed by atoms with Gasteiger partial charge in [0.05, 0.1) is 0 Å². The largest absolute Gasteiger partial charge is 0.303 e. The molecule has 21 heavy (non-hydrogen) atoms. The van der Waals surface area contributed by atoms with E-state index in [9.17, 15) is 0 Å². The van der Waals surface area contributed by atoms with E-state index in [-0.39, 0.29) is 12.4 Å². The molecule has 2 heteroatoms. The molecule has 1 aliphatic rings. The third-order valence-electron chi connectivity index (χ3n) is 4.12. The summed E-state index contributed by atoms with van der Waals surface area (Å²) >= 11 is 0. The molecular weight excluding hydrogens is 278 g/mol. The van der Waals surface area contributed by atoms with E-state index in [1.54, 1.807) is 0 Å². The van der Waals surface area contributed by atoms with Gasteiger partial charge in [0.25, 0.3) is 0 Å². The Morgan fingerprint density at radius 2 is 1.57 bits per heavy atom. The van der Waals surface area contributed by atoms with Gasteiger partial charge in [-0.3, -0.25) is 0 Å². The van der Waals surface area contributed by atoms with Crippen LogP contribution in [0.5, 0.6) is 0 Å². The molecule has 1 atom stereocenters. The molecule has 0 saturated heterocycles. The van der Waals surface area contributed by atoms with Crippen molar-refractivity contribution < 1.29 is 0 Å². The number of fused-ring (bicyclic) bond motifs is 1. The molecule has 2 aromatic carbocycles. The zero-order chi connectivity index (χ0) is 13.9. The third-order valence-corrected chi connectivity index (χ3v) is 4.12. The Balaban J connectivity index is 0.00000161. The number of benzene rings is 2. The van der Waals surface area contributed by atoms with E-state index in [1.807, 2.05) is 0 Å². The van der Waals surface area contributed by atoms with Crippen LogP contribution in [0.4, 0.5) is 0 Å². The highest BCUT2D eigenvalue weighted by molar-refractivity contribution is 5.85. The molecule has 2 aromatic rings. The van der Waals surface area contributed by atoms with Crippen molar-refractivity contribution in [1.29, 1.82) is 0 Å². The highest BCUT2D eigenvalue weighted by atomic mass is 35.5. The van der Waals surface area contributed by atoms with Gasteiger partial charge in [-0.1, -0.05) is 60.7 Å². The maximum Gasteiger partial charge on any atom is 0.0284 e. The fraction of sp³-hybridized carbons (Fsp3) is 0.263. The van der Waals surface area contributed by atoms with Crippen LogP contribution in [0.15, 0.2) is 60.7 Å². The molecule has 1 nitrogen and oxygen atoms in total. The van der Waals surface area contributed by atoms with Gasteiger partial charge in [0.15, 0.2) is 0 Å². The third kappa shape index (κ3) is 3.37. The summed E-state index contributed by atoms with van der Waals surface area (Å²) < 4.78 is 0. The summed E-state index contributed by atoms with van der Waals surface area (Å²) in [7, 11) is 4.33. The summed E-state index contributed by atoms with van der Waals surface area (Å²) in [4.78, 5) is 2.31. The summed E-state index contributed by atoms with van der Waals surface area (Å²) in [6.07, 6.45) is 4.76. The minimum atomic E-state index is 0. The second-order valence-electron chi connectivity index (χ2n) is 5.67. The molecule has 3 rings (SSSR count). The predicted molar refractivity (Wildman–Crippen MR) is 93.0 cm³/mol. The second kappa shape index (κ2) is 6.93. The van der Waals surface area contributed by atoms with Crippen LogP contribution in [-0.2, 0) is 6.42 Å². The predicted octanol–water partition coefficient (Wildman–Crippen LogP) is 4.42. The van der Waals surface area contributed by atoms with Crippen molar-refractivity contribution in [2.24, 2.45) is 0 Å². The SMILES string of the molecule is CN(C)C1C=C(c2ccccc2)c2ccccc2CC1.Cl. The van der Waals surface area contributed by atoms with E-state index in [4.69, 9.17) is 0 Å². The van der Waals surface area contributed by atoms with Gasteiger partial charge in [0, 0.05) is 6.04 Å². The second-order valence-corrected chi connectivity index (χ2v) is 5.67. The minimum Gasteiger partial charge on any atom is -0.303 e. The Bertz CT molecular complexity index is 616. The summed E-state index contributed by atoms with van der Waals surface area (Å²) in [5.41, 5.74) is 5.54. The molecule has 1 unspecified atom stereocenters. The van der Waals surface area contributed by atoms with Gasteiger partial charge in [0.1, 0.15) is 0 Å². The maximum absolute atomic E-state index is 2.43. The van der Waals surface area contributed by atoms with E-state index in [0.717, 1.165) is 6.42 Å². The molecule has 0 N–H and O–H groups in total. The number of aryl methyl sites for hydroxylation is 1. The van der Waals surface area contributed by atoms with Gasteiger partial charge < -0.3 is 4.90 Å². The molecule has 0 fully saturated rings. The van der Waals surface area contributed by atoms with Crippen LogP contribution >= 0.6 is 12.4 Å². The highest BCUT2D eigenvalue weighted by Gasteiger charge is 2.18. The van der Waals surface area contributed by atoms with Crippen molar-refractivity contribution in [2.45, 2.75) is 18.9 Å². The first-order valence-corrected chi connectivity index (χ1v) is 7.27. The monoisotopic (exact) mass is 299 g/mol. The zero-order valence-electron chi connectivity index (χ0n) is 12.6. The van der Waals surface area contributed by atoms with Gasteiger partial charge in [-0.05, 0) is 49.2 Å². The van der Waals surface area contributed by atoms with Crippen LogP contribution in [0.25, 0.3) is 5.57 Å². The van der Waals surface area contributed by atoms with Crippen LogP contribution in [0.2, 0.25) is 0 Å². The molecule has 110 valence electrons. The lowest BCUT2D eigenvalue weighted by molar-refractivity contribution is 0.329. The van der Waals surface area contributed by atoms with E-state index in [2.05, 4.69) is 79.7 Å². The van der Waals surface area contributed by atoms with Gasteiger partial charge in [-0.15, -0.1) is 12.4 Å². The Labute approximate surface area is 133 Å². The van der Waals surface area contributed by atoms with Crippen LogP contribution in [0, 0.1) is 0 Å². The van der Waals surface area contributed by atoms with E-state index < -0.39 is 0 Å². The number of hydrogen-bond acceptors (Lipinski definition) is 1. The van der Waals surface area contributed by atoms with E-state index in [0.29, 0.717) is 6.04 Å². The summed E-state index contributed by atoms with van der Waals surface area (Å²) in [6, 6.07) is 20.1. The van der Waals surface area contributed by atoms with Gasteiger partial charge >= 0.3 is 0 Å². The number of rotatable bonds is 2. The fourth-order valence-electron chi connectivity index (χ4n) is 2.95. The smallest absolute Gasteiger partial charge is 0.0284 e.